The van der Waals surface area contributed by atoms with Crippen molar-refractivity contribution in [3.8, 4) is 0 Å². The van der Waals surface area contributed by atoms with Crippen LogP contribution in [0.3, 0.4) is 0 Å². The van der Waals surface area contributed by atoms with Crippen molar-refractivity contribution in [1.29, 1.82) is 0 Å². The predicted molar refractivity (Wildman–Crippen MR) is 76.7 cm³/mol. The van der Waals surface area contributed by atoms with Gasteiger partial charge in [-0.15, -0.1) is 0 Å². The van der Waals surface area contributed by atoms with Crippen LogP contribution in [0.25, 0.3) is 0 Å². The minimum Gasteiger partial charge on any atom is -0.387 e. The Kier molecular flexibility index (Phi) is 4.60. The average Bonchev–Trinajstić information content (AvgIpc) is 2.37. The molecule has 4 nitrogen and oxygen atoms in total. The zero-order chi connectivity index (χ0) is 13.0. The number of nitrogens with one attached hydrogen (secondary N) is 1. The maximum Gasteiger partial charge on any atom is 0.193 e. The quantitative estimate of drug-likeness (QED) is 0.894. The first-order valence-electron chi connectivity index (χ1n) is 6.10. The molecule has 0 radical (unpaired) electrons. The number of aliphatic imine (C=N–C) groups is 1. The smallest absolute Gasteiger partial charge is 0.193 e. The largest absolute Gasteiger partial charge is 0.387 e. The van der Waals surface area contributed by atoms with Gasteiger partial charge in [0.1, 0.15) is 0 Å². The summed E-state index contributed by atoms with van der Waals surface area (Å²) in [6, 6.07) is 7.72. The number of halogens is 1. The minimum atomic E-state index is -0.527. The molecule has 1 aromatic carbocycles. The van der Waals surface area contributed by atoms with E-state index >= 15 is 0 Å². The van der Waals surface area contributed by atoms with E-state index in [4.69, 9.17) is 0 Å². The predicted octanol–water partition coefficient (Wildman–Crippen LogP) is 1.76. The summed E-state index contributed by atoms with van der Waals surface area (Å²) < 4.78 is 0.978. The first kappa shape index (κ1) is 13.4. The Labute approximate surface area is 116 Å². The van der Waals surface area contributed by atoms with Crippen molar-refractivity contribution in [3.63, 3.8) is 0 Å². The summed E-state index contributed by atoms with van der Waals surface area (Å²) in [4.78, 5) is 6.49. The number of rotatable bonds is 3. The van der Waals surface area contributed by atoms with E-state index in [1.54, 1.807) is 0 Å². The van der Waals surface area contributed by atoms with Crippen molar-refractivity contribution in [2.24, 2.45) is 4.99 Å². The molecule has 98 valence electrons. The van der Waals surface area contributed by atoms with Gasteiger partial charge >= 0.3 is 0 Å². The lowest BCUT2D eigenvalue weighted by molar-refractivity contribution is 0.179. The minimum absolute atomic E-state index is 0.472. The number of hydrogen-bond donors (Lipinski definition) is 2. The van der Waals surface area contributed by atoms with Gasteiger partial charge < -0.3 is 15.3 Å². The van der Waals surface area contributed by atoms with Crippen LogP contribution in [-0.2, 0) is 0 Å². The summed E-state index contributed by atoms with van der Waals surface area (Å²) in [7, 11) is 2.01. The number of aliphatic hydroxyl groups is 1. The lowest BCUT2D eigenvalue weighted by Crippen LogP contribution is -2.43. The fraction of sp³-hybridized carbons (Fsp3) is 0.462. The topological polar surface area (TPSA) is 47.9 Å². The SMILES string of the molecule is CN1CCCN=C1NC[C@@H](O)c1cccc(Br)c1. The van der Waals surface area contributed by atoms with Gasteiger partial charge in [-0.25, -0.2) is 0 Å². The van der Waals surface area contributed by atoms with E-state index in [1.165, 1.54) is 0 Å². The summed E-state index contributed by atoms with van der Waals surface area (Å²) in [5.41, 5.74) is 0.899. The van der Waals surface area contributed by atoms with E-state index in [9.17, 15) is 5.11 Å². The third kappa shape index (κ3) is 3.46. The molecule has 0 saturated carbocycles. The molecule has 0 fully saturated rings. The number of aliphatic hydroxyl groups excluding tert-OH is 1. The first-order chi connectivity index (χ1) is 8.66. The summed E-state index contributed by atoms with van der Waals surface area (Å²) in [6.07, 6.45) is 0.566. The normalized spacial score (nSPS) is 17.3. The van der Waals surface area contributed by atoms with Crippen molar-refractivity contribution in [2.45, 2.75) is 12.5 Å². The second kappa shape index (κ2) is 6.20. The standard InChI is InChI=1S/C13H18BrN3O/c1-17-7-3-6-15-13(17)16-9-12(18)10-4-2-5-11(14)8-10/h2,4-5,8,12,18H,3,6-7,9H2,1H3,(H,15,16)/t12-/m1/s1. The summed E-state index contributed by atoms with van der Waals surface area (Å²) in [5, 5.41) is 13.3. The maximum absolute atomic E-state index is 10.1. The highest BCUT2D eigenvalue weighted by molar-refractivity contribution is 9.10. The van der Waals surface area contributed by atoms with Gasteiger partial charge in [0.15, 0.2) is 5.96 Å². The van der Waals surface area contributed by atoms with E-state index in [0.717, 1.165) is 35.5 Å². The Balaban J connectivity index is 1.92. The molecule has 0 bridgehead atoms. The van der Waals surface area contributed by atoms with Crippen LogP contribution in [0.2, 0.25) is 0 Å². The van der Waals surface area contributed by atoms with Gasteiger partial charge in [0, 0.05) is 31.2 Å². The molecule has 18 heavy (non-hydrogen) atoms. The van der Waals surface area contributed by atoms with Crippen molar-refractivity contribution in [3.05, 3.63) is 34.3 Å². The molecule has 5 heteroatoms. The first-order valence-corrected chi connectivity index (χ1v) is 6.89. The highest BCUT2D eigenvalue weighted by atomic mass is 79.9. The molecular formula is C13H18BrN3O. The van der Waals surface area contributed by atoms with Crippen LogP contribution in [0.15, 0.2) is 33.7 Å². The van der Waals surface area contributed by atoms with Gasteiger partial charge in [-0.1, -0.05) is 28.1 Å². The van der Waals surface area contributed by atoms with E-state index < -0.39 is 6.10 Å². The van der Waals surface area contributed by atoms with Crippen molar-refractivity contribution in [2.75, 3.05) is 26.7 Å². The molecule has 2 N–H and O–H groups in total. The second-order valence-electron chi connectivity index (χ2n) is 4.43. The van der Waals surface area contributed by atoms with Gasteiger partial charge in [0.25, 0.3) is 0 Å². The highest BCUT2D eigenvalue weighted by Crippen LogP contribution is 2.17. The van der Waals surface area contributed by atoms with Crippen LogP contribution in [-0.4, -0.2) is 42.6 Å². The summed E-state index contributed by atoms with van der Waals surface area (Å²) >= 11 is 3.40. The Morgan fingerprint density at radius 3 is 3.11 bits per heavy atom. The molecular weight excluding hydrogens is 294 g/mol. The third-order valence-corrected chi connectivity index (χ3v) is 3.46. The fourth-order valence-corrected chi connectivity index (χ4v) is 2.35. The van der Waals surface area contributed by atoms with E-state index in [-0.39, 0.29) is 0 Å². The van der Waals surface area contributed by atoms with Crippen LogP contribution >= 0.6 is 15.9 Å². The number of guanidine groups is 1. The summed E-state index contributed by atoms with van der Waals surface area (Å²) in [6.45, 7) is 2.35. The van der Waals surface area contributed by atoms with Crippen LogP contribution in [0.5, 0.6) is 0 Å². The van der Waals surface area contributed by atoms with Crippen molar-refractivity contribution >= 4 is 21.9 Å². The molecule has 0 saturated heterocycles. The average molecular weight is 312 g/mol. The zero-order valence-corrected chi connectivity index (χ0v) is 12.0. The van der Waals surface area contributed by atoms with Gasteiger partial charge in [0.2, 0.25) is 0 Å². The van der Waals surface area contributed by atoms with Gasteiger partial charge in [-0.2, -0.15) is 0 Å². The van der Waals surface area contributed by atoms with E-state index in [0.29, 0.717) is 6.54 Å². The molecule has 1 atom stereocenters. The third-order valence-electron chi connectivity index (χ3n) is 2.96. The summed E-state index contributed by atoms with van der Waals surface area (Å²) in [5.74, 6) is 0.871. The van der Waals surface area contributed by atoms with Gasteiger partial charge in [-0.3, -0.25) is 4.99 Å². The molecule has 0 aromatic heterocycles. The molecule has 0 spiro atoms. The van der Waals surface area contributed by atoms with Crippen LogP contribution in [0.4, 0.5) is 0 Å². The maximum atomic E-state index is 10.1. The van der Waals surface area contributed by atoms with E-state index in [1.807, 2.05) is 31.3 Å². The number of hydrogen-bond acceptors (Lipinski definition) is 4. The number of benzene rings is 1. The zero-order valence-electron chi connectivity index (χ0n) is 10.4. The van der Waals surface area contributed by atoms with Crippen molar-refractivity contribution in [1.82, 2.24) is 10.2 Å². The van der Waals surface area contributed by atoms with Crippen molar-refractivity contribution < 1.29 is 5.11 Å². The second-order valence-corrected chi connectivity index (χ2v) is 5.35. The Morgan fingerprint density at radius 1 is 1.56 bits per heavy atom. The van der Waals surface area contributed by atoms with Gasteiger partial charge in [0.05, 0.1) is 6.10 Å². The molecule has 0 unspecified atom stereocenters. The van der Waals surface area contributed by atoms with E-state index in [2.05, 4.69) is 31.1 Å². The number of nitrogens with zero attached hydrogens (tertiary/aromatic N) is 2. The molecule has 0 amide bonds. The van der Waals surface area contributed by atoms with Crippen LogP contribution in [0, 0.1) is 0 Å². The molecule has 0 aliphatic carbocycles. The van der Waals surface area contributed by atoms with Gasteiger partial charge in [-0.05, 0) is 24.1 Å². The fourth-order valence-electron chi connectivity index (χ4n) is 1.93. The lowest BCUT2D eigenvalue weighted by atomic mass is 10.1. The monoisotopic (exact) mass is 311 g/mol. The lowest BCUT2D eigenvalue weighted by Gasteiger charge is -2.26. The Morgan fingerprint density at radius 2 is 2.39 bits per heavy atom. The van der Waals surface area contributed by atoms with Crippen LogP contribution < -0.4 is 5.32 Å². The Hall–Kier alpha value is -1.07. The molecule has 2 rings (SSSR count). The molecule has 1 aliphatic heterocycles. The molecule has 1 heterocycles. The Bertz CT molecular complexity index is 436. The molecule has 1 aromatic rings. The van der Waals surface area contributed by atoms with Crippen LogP contribution in [0.1, 0.15) is 18.1 Å². The highest BCUT2D eigenvalue weighted by Gasteiger charge is 2.13. The molecule has 1 aliphatic rings.